The first kappa shape index (κ1) is 14.6. The Morgan fingerprint density at radius 2 is 2.14 bits per heavy atom. The minimum atomic E-state index is 0.274. The molecule has 1 N–H and O–H groups in total. The van der Waals surface area contributed by atoms with Crippen molar-refractivity contribution in [1.29, 1.82) is 0 Å². The lowest BCUT2D eigenvalue weighted by Crippen LogP contribution is -2.46. The Bertz CT molecular complexity index is 467. The molecule has 0 aliphatic carbocycles. The van der Waals surface area contributed by atoms with E-state index in [9.17, 15) is 0 Å². The second kappa shape index (κ2) is 7.11. The number of benzene rings is 1. The van der Waals surface area contributed by atoms with Gasteiger partial charge in [0.2, 0.25) is 0 Å². The van der Waals surface area contributed by atoms with Crippen LogP contribution in [0, 0.1) is 0 Å². The van der Waals surface area contributed by atoms with Crippen LogP contribution < -0.4 is 14.8 Å². The lowest BCUT2D eigenvalue weighted by molar-refractivity contribution is -0.0254. The van der Waals surface area contributed by atoms with E-state index in [-0.39, 0.29) is 6.10 Å². The highest BCUT2D eigenvalue weighted by Crippen LogP contribution is 2.33. The van der Waals surface area contributed by atoms with Gasteiger partial charge in [0.1, 0.15) is 13.2 Å². The molecule has 5 nitrogen and oxygen atoms in total. The minimum Gasteiger partial charge on any atom is -0.486 e. The van der Waals surface area contributed by atoms with Crippen molar-refractivity contribution < 1.29 is 14.2 Å². The van der Waals surface area contributed by atoms with Gasteiger partial charge < -0.3 is 19.5 Å². The van der Waals surface area contributed by atoms with Crippen molar-refractivity contribution in [2.45, 2.75) is 19.6 Å². The van der Waals surface area contributed by atoms with Crippen molar-refractivity contribution in [2.24, 2.45) is 0 Å². The molecule has 0 amide bonds. The Morgan fingerprint density at radius 3 is 3.05 bits per heavy atom. The molecule has 1 unspecified atom stereocenters. The van der Waals surface area contributed by atoms with Gasteiger partial charge >= 0.3 is 0 Å². The molecule has 5 heteroatoms. The number of hydrogen-bond donors (Lipinski definition) is 1. The van der Waals surface area contributed by atoms with Crippen LogP contribution in [0.4, 0.5) is 0 Å². The average molecular weight is 292 g/mol. The fraction of sp³-hybridized carbons (Fsp3) is 0.625. The number of rotatable bonds is 5. The highest BCUT2D eigenvalue weighted by Gasteiger charge is 2.19. The number of fused-ring (bicyclic) bond motifs is 1. The van der Waals surface area contributed by atoms with Crippen LogP contribution in [0.5, 0.6) is 11.5 Å². The van der Waals surface area contributed by atoms with Crippen molar-refractivity contribution in [3.05, 3.63) is 23.8 Å². The summed E-state index contributed by atoms with van der Waals surface area (Å²) in [5.41, 5.74) is 1.15. The van der Waals surface area contributed by atoms with Gasteiger partial charge in [-0.15, -0.1) is 0 Å². The van der Waals surface area contributed by atoms with E-state index in [0.29, 0.717) is 13.2 Å². The van der Waals surface area contributed by atoms with Crippen molar-refractivity contribution in [3.8, 4) is 11.5 Å². The van der Waals surface area contributed by atoms with Gasteiger partial charge in [-0.2, -0.15) is 0 Å². The summed E-state index contributed by atoms with van der Waals surface area (Å²) in [4.78, 5) is 2.43. The van der Waals surface area contributed by atoms with Gasteiger partial charge in [0.25, 0.3) is 0 Å². The molecule has 116 valence electrons. The molecule has 1 saturated heterocycles. The Balaban J connectivity index is 1.51. The standard InChI is InChI=1S/C16H24N2O3/c1-2-18-6-7-19-14(12-18)11-17-10-13-4-3-5-15-16(13)21-9-8-20-15/h3-5,14,17H,2,6-12H2,1H3. The molecule has 2 aliphatic rings. The van der Waals surface area contributed by atoms with Crippen molar-refractivity contribution in [1.82, 2.24) is 10.2 Å². The van der Waals surface area contributed by atoms with Gasteiger partial charge in [0.15, 0.2) is 11.5 Å². The van der Waals surface area contributed by atoms with Crippen LogP contribution in [0.25, 0.3) is 0 Å². The number of nitrogens with one attached hydrogen (secondary N) is 1. The summed E-state index contributed by atoms with van der Waals surface area (Å²) in [6.07, 6.45) is 0.274. The summed E-state index contributed by atoms with van der Waals surface area (Å²) >= 11 is 0. The number of hydrogen-bond acceptors (Lipinski definition) is 5. The third-order valence-electron chi connectivity index (χ3n) is 4.01. The van der Waals surface area contributed by atoms with Crippen LogP contribution in [0.15, 0.2) is 18.2 Å². The molecule has 0 bridgehead atoms. The number of para-hydroxylation sites is 1. The van der Waals surface area contributed by atoms with Crippen LogP contribution in [0.1, 0.15) is 12.5 Å². The van der Waals surface area contributed by atoms with E-state index < -0.39 is 0 Å². The second-order valence-electron chi connectivity index (χ2n) is 5.46. The van der Waals surface area contributed by atoms with Gasteiger partial charge in [0.05, 0.1) is 12.7 Å². The van der Waals surface area contributed by atoms with Gasteiger partial charge in [-0.3, -0.25) is 4.90 Å². The SMILES string of the molecule is CCN1CCOC(CNCc2cccc3c2OCCO3)C1. The predicted molar refractivity (Wildman–Crippen MR) is 81.0 cm³/mol. The van der Waals surface area contributed by atoms with Crippen LogP contribution in [-0.2, 0) is 11.3 Å². The second-order valence-corrected chi connectivity index (χ2v) is 5.46. The maximum atomic E-state index is 5.80. The molecule has 1 fully saturated rings. The third-order valence-corrected chi connectivity index (χ3v) is 4.01. The maximum Gasteiger partial charge on any atom is 0.165 e. The number of ether oxygens (including phenoxy) is 3. The zero-order valence-electron chi connectivity index (χ0n) is 12.6. The van der Waals surface area contributed by atoms with Gasteiger partial charge in [-0.25, -0.2) is 0 Å². The highest BCUT2D eigenvalue weighted by atomic mass is 16.6. The molecular formula is C16H24N2O3. The van der Waals surface area contributed by atoms with E-state index in [2.05, 4.69) is 23.2 Å². The highest BCUT2D eigenvalue weighted by molar-refractivity contribution is 5.47. The van der Waals surface area contributed by atoms with Crippen LogP contribution in [0.2, 0.25) is 0 Å². The number of nitrogens with zero attached hydrogens (tertiary/aromatic N) is 1. The molecule has 1 aromatic carbocycles. The molecule has 21 heavy (non-hydrogen) atoms. The fourth-order valence-corrected chi connectivity index (χ4v) is 2.83. The number of likely N-dealkylation sites (N-methyl/N-ethyl adjacent to an activating group) is 1. The molecule has 0 aromatic heterocycles. The third kappa shape index (κ3) is 3.67. The summed E-state index contributed by atoms with van der Waals surface area (Å²) in [5, 5.41) is 3.48. The molecule has 0 spiro atoms. The van der Waals surface area contributed by atoms with Crippen LogP contribution in [0.3, 0.4) is 0 Å². The van der Waals surface area contributed by atoms with Crippen LogP contribution >= 0.6 is 0 Å². The Hall–Kier alpha value is -1.30. The Morgan fingerprint density at radius 1 is 1.24 bits per heavy atom. The molecule has 0 saturated carbocycles. The molecular weight excluding hydrogens is 268 g/mol. The maximum absolute atomic E-state index is 5.80. The monoisotopic (exact) mass is 292 g/mol. The summed E-state index contributed by atoms with van der Waals surface area (Å²) < 4.78 is 17.1. The molecule has 3 rings (SSSR count). The summed E-state index contributed by atoms with van der Waals surface area (Å²) in [5.74, 6) is 1.74. The van der Waals surface area contributed by atoms with E-state index >= 15 is 0 Å². The zero-order valence-corrected chi connectivity index (χ0v) is 12.6. The van der Waals surface area contributed by atoms with Crippen molar-refractivity contribution in [3.63, 3.8) is 0 Å². The molecule has 2 heterocycles. The summed E-state index contributed by atoms with van der Waals surface area (Å²) in [6.45, 7) is 9.08. The van der Waals surface area contributed by atoms with E-state index in [0.717, 1.165) is 56.4 Å². The lowest BCUT2D eigenvalue weighted by atomic mass is 10.1. The summed E-state index contributed by atoms with van der Waals surface area (Å²) in [6, 6.07) is 6.06. The van der Waals surface area contributed by atoms with Gasteiger partial charge in [0, 0.05) is 31.7 Å². The average Bonchev–Trinajstić information content (AvgIpc) is 2.55. The molecule has 1 atom stereocenters. The topological polar surface area (TPSA) is 43.0 Å². The molecule has 2 aliphatic heterocycles. The summed E-state index contributed by atoms with van der Waals surface area (Å²) in [7, 11) is 0. The lowest BCUT2D eigenvalue weighted by Gasteiger charge is -2.32. The molecule has 1 aromatic rings. The first-order valence-corrected chi connectivity index (χ1v) is 7.79. The smallest absolute Gasteiger partial charge is 0.165 e. The van der Waals surface area contributed by atoms with E-state index in [4.69, 9.17) is 14.2 Å². The Kier molecular flexibility index (Phi) is 4.95. The normalized spacial score (nSPS) is 22.2. The number of morpholine rings is 1. The fourth-order valence-electron chi connectivity index (χ4n) is 2.83. The van der Waals surface area contributed by atoms with E-state index in [1.54, 1.807) is 0 Å². The minimum absolute atomic E-state index is 0.274. The Labute approximate surface area is 126 Å². The first-order valence-electron chi connectivity index (χ1n) is 7.79. The van der Waals surface area contributed by atoms with Crippen molar-refractivity contribution in [2.75, 3.05) is 46.0 Å². The zero-order chi connectivity index (χ0) is 14.5. The molecule has 0 radical (unpaired) electrons. The van der Waals surface area contributed by atoms with Crippen LogP contribution in [-0.4, -0.2) is 57.0 Å². The van der Waals surface area contributed by atoms with Crippen molar-refractivity contribution >= 4 is 0 Å². The van der Waals surface area contributed by atoms with E-state index in [1.807, 2.05) is 12.1 Å². The largest absolute Gasteiger partial charge is 0.486 e. The predicted octanol–water partition coefficient (Wildman–Crippen LogP) is 1.27. The van der Waals surface area contributed by atoms with E-state index in [1.165, 1.54) is 0 Å². The first-order chi connectivity index (χ1) is 10.4. The quantitative estimate of drug-likeness (QED) is 0.885. The van der Waals surface area contributed by atoms with Gasteiger partial charge in [-0.1, -0.05) is 19.1 Å². The van der Waals surface area contributed by atoms with Gasteiger partial charge in [-0.05, 0) is 12.6 Å².